The predicted octanol–water partition coefficient (Wildman–Crippen LogP) is 3.79. The number of carbonyl (C=O) groups excluding carboxylic acids is 2. The van der Waals surface area contributed by atoms with Crippen LogP contribution in [0.25, 0.3) is 11.1 Å². The summed E-state index contributed by atoms with van der Waals surface area (Å²) in [4.78, 5) is 28.9. The maximum atomic E-state index is 12.6. The number of esters is 1. The lowest BCUT2D eigenvalue weighted by atomic mass is 10.0. The SMILES string of the molecule is CCOC(=O)c1c(NC(=O)CSc2n[nH]c(N)n2)sc(Br)c1-c1ccccc1. The van der Waals surface area contributed by atoms with Gasteiger partial charge in [0, 0.05) is 5.56 Å². The van der Waals surface area contributed by atoms with Gasteiger partial charge in [-0.2, -0.15) is 4.98 Å². The zero-order chi connectivity index (χ0) is 20.1. The number of anilines is 2. The Morgan fingerprint density at radius 1 is 1.36 bits per heavy atom. The van der Waals surface area contributed by atoms with Crippen molar-refractivity contribution in [3.8, 4) is 11.1 Å². The van der Waals surface area contributed by atoms with Crippen molar-refractivity contribution in [2.24, 2.45) is 0 Å². The Kier molecular flexibility index (Phi) is 6.70. The van der Waals surface area contributed by atoms with Crippen LogP contribution in [0, 0.1) is 0 Å². The number of nitrogens with two attached hydrogens (primary N) is 1. The largest absolute Gasteiger partial charge is 0.462 e. The number of thioether (sulfide) groups is 1. The average molecular weight is 482 g/mol. The second kappa shape index (κ2) is 9.22. The summed E-state index contributed by atoms with van der Waals surface area (Å²) >= 11 is 5.90. The van der Waals surface area contributed by atoms with Crippen molar-refractivity contribution in [3.05, 3.63) is 39.7 Å². The van der Waals surface area contributed by atoms with E-state index in [1.54, 1.807) is 6.92 Å². The van der Waals surface area contributed by atoms with Gasteiger partial charge in [0.05, 0.1) is 16.1 Å². The quantitative estimate of drug-likeness (QED) is 0.346. The highest BCUT2D eigenvalue weighted by Gasteiger charge is 2.26. The summed E-state index contributed by atoms with van der Waals surface area (Å²) in [5.74, 6) is -0.544. The van der Waals surface area contributed by atoms with Gasteiger partial charge in [-0.05, 0) is 28.4 Å². The molecule has 2 heterocycles. The number of ether oxygens (including phenoxy) is 1. The highest BCUT2D eigenvalue weighted by molar-refractivity contribution is 9.11. The van der Waals surface area contributed by atoms with E-state index in [2.05, 4.69) is 36.4 Å². The smallest absolute Gasteiger partial charge is 0.341 e. The monoisotopic (exact) mass is 481 g/mol. The van der Waals surface area contributed by atoms with E-state index < -0.39 is 5.97 Å². The number of carbonyl (C=O) groups is 2. The lowest BCUT2D eigenvalue weighted by molar-refractivity contribution is -0.113. The number of aromatic nitrogens is 3. The zero-order valence-corrected chi connectivity index (χ0v) is 17.9. The molecule has 0 radical (unpaired) electrons. The van der Waals surface area contributed by atoms with Crippen LogP contribution in [-0.2, 0) is 9.53 Å². The van der Waals surface area contributed by atoms with Gasteiger partial charge >= 0.3 is 5.97 Å². The van der Waals surface area contributed by atoms with Gasteiger partial charge in [0.2, 0.25) is 17.0 Å². The molecule has 3 aromatic rings. The normalized spacial score (nSPS) is 10.6. The van der Waals surface area contributed by atoms with E-state index >= 15 is 0 Å². The minimum atomic E-state index is -0.493. The molecule has 8 nitrogen and oxygen atoms in total. The molecular formula is C17H16BrN5O3S2. The van der Waals surface area contributed by atoms with E-state index in [4.69, 9.17) is 10.5 Å². The number of rotatable bonds is 7. The van der Waals surface area contributed by atoms with Crippen molar-refractivity contribution < 1.29 is 14.3 Å². The van der Waals surface area contributed by atoms with Gasteiger partial charge in [-0.1, -0.05) is 42.1 Å². The van der Waals surface area contributed by atoms with Crippen LogP contribution in [0.4, 0.5) is 10.9 Å². The molecule has 1 amide bonds. The molecule has 11 heteroatoms. The maximum Gasteiger partial charge on any atom is 0.341 e. The summed E-state index contributed by atoms with van der Waals surface area (Å²) in [7, 11) is 0. The molecule has 3 rings (SSSR count). The van der Waals surface area contributed by atoms with Gasteiger partial charge in [0.25, 0.3) is 0 Å². The van der Waals surface area contributed by atoms with E-state index in [1.807, 2.05) is 30.3 Å². The van der Waals surface area contributed by atoms with Crippen LogP contribution in [0.15, 0.2) is 39.3 Å². The Morgan fingerprint density at radius 3 is 2.75 bits per heavy atom. The predicted molar refractivity (Wildman–Crippen MR) is 114 cm³/mol. The number of nitrogens with zero attached hydrogens (tertiary/aromatic N) is 2. The van der Waals surface area contributed by atoms with Crippen molar-refractivity contribution in [2.75, 3.05) is 23.4 Å². The molecule has 0 aliphatic carbocycles. The first kappa shape index (κ1) is 20.4. The van der Waals surface area contributed by atoms with Gasteiger partial charge < -0.3 is 15.8 Å². The summed E-state index contributed by atoms with van der Waals surface area (Å²) in [6.07, 6.45) is 0. The second-order valence-corrected chi connectivity index (χ2v) is 8.66. The van der Waals surface area contributed by atoms with Gasteiger partial charge in [-0.3, -0.25) is 4.79 Å². The topological polar surface area (TPSA) is 123 Å². The molecule has 146 valence electrons. The first-order valence-corrected chi connectivity index (χ1v) is 10.7. The number of hydrogen-bond donors (Lipinski definition) is 3. The fourth-order valence-electron chi connectivity index (χ4n) is 2.37. The van der Waals surface area contributed by atoms with Crippen molar-refractivity contribution in [2.45, 2.75) is 12.1 Å². The van der Waals surface area contributed by atoms with Crippen LogP contribution >= 0.6 is 39.0 Å². The lowest BCUT2D eigenvalue weighted by Crippen LogP contribution is -2.16. The van der Waals surface area contributed by atoms with E-state index in [1.165, 1.54) is 11.3 Å². The number of amides is 1. The van der Waals surface area contributed by atoms with Crippen molar-refractivity contribution >= 4 is 61.9 Å². The first-order valence-electron chi connectivity index (χ1n) is 8.15. The third-order valence-corrected chi connectivity index (χ3v) is 6.10. The molecule has 0 fully saturated rings. The summed E-state index contributed by atoms with van der Waals surface area (Å²) in [6.45, 7) is 1.97. The minimum absolute atomic E-state index is 0.0652. The molecule has 2 aromatic heterocycles. The molecule has 0 saturated carbocycles. The molecule has 0 aliphatic rings. The van der Waals surface area contributed by atoms with Crippen LogP contribution in [0.1, 0.15) is 17.3 Å². The second-order valence-electron chi connectivity index (χ2n) is 5.38. The summed E-state index contributed by atoms with van der Waals surface area (Å²) < 4.78 is 5.94. The Balaban J connectivity index is 1.85. The minimum Gasteiger partial charge on any atom is -0.462 e. The highest BCUT2D eigenvalue weighted by atomic mass is 79.9. The van der Waals surface area contributed by atoms with E-state index in [9.17, 15) is 9.59 Å². The average Bonchev–Trinajstić information content (AvgIpc) is 3.23. The van der Waals surface area contributed by atoms with Crippen LogP contribution < -0.4 is 11.1 Å². The molecular weight excluding hydrogens is 466 g/mol. The summed E-state index contributed by atoms with van der Waals surface area (Å²) in [5.41, 5.74) is 7.33. The standard InChI is InChI=1S/C17H16BrN5O3S2/c1-2-26-15(25)12-11(9-6-4-3-5-7-9)13(18)28-14(12)20-10(24)8-27-17-21-16(19)22-23-17/h3-7H,2,8H2,1H3,(H,20,24)(H3,19,21,22,23). The third-order valence-electron chi connectivity index (χ3n) is 3.47. The molecule has 4 N–H and O–H groups in total. The molecule has 0 unspecified atom stereocenters. The fraction of sp³-hybridized carbons (Fsp3) is 0.176. The summed E-state index contributed by atoms with van der Waals surface area (Å²) in [6, 6.07) is 9.44. The van der Waals surface area contributed by atoms with Gasteiger partial charge in [0.1, 0.15) is 10.6 Å². The molecule has 0 aliphatic heterocycles. The third kappa shape index (κ3) is 4.72. The Morgan fingerprint density at radius 2 is 2.11 bits per heavy atom. The van der Waals surface area contributed by atoms with E-state index in [0.29, 0.717) is 21.3 Å². The fourth-order valence-corrected chi connectivity index (χ4v) is 4.84. The van der Waals surface area contributed by atoms with Crippen molar-refractivity contribution in [1.82, 2.24) is 15.2 Å². The number of nitrogens with one attached hydrogen (secondary N) is 2. The highest BCUT2D eigenvalue weighted by Crippen LogP contribution is 2.44. The first-order chi connectivity index (χ1) is 13.5. The number of hydrogen-bond acceptors (Lipinski definition) is 8. The zero-order valence-electron chi connectivity index (χ0n) is 14.7. The molecule has 0 spiro atoms. The summed E-state index contributed by atoms with van der Waals surface area (Å²) in [5, 5.41) is 9.95. The maximum absolute atomic E-state index is 12.6. The molecule has 0 saturated heterocycles. The Bertz CT molecular complexity index is 990. The van der Waals surface area contributed by atoms with Gasteiger partial charge in [0.15, 0.2) is 0 Å². The number of thiophene rings is 1. The van der Waals surface area contributed by atoms with Gasteiger partial charge in [-0.15, -0.1) is 16.4 Å². The number of aromatic amines is 1. The van der Waals surface area contributed by atoms with Gasteiger partial charge in [-0.25, -0.2) is 9.89 Å². The lowest BCUT2D eigenvalue weighted by Gasteiger charge is -2.08. The van der Waals surface area contributed by atoms with Crippen LogP contribution in [-0.4, -0.2) is 39.4 Å². The van der Waals surface area contributed by atoms with Crippen molar-refractivity contribution in [3.63, 3.8) is 0 Å². The van der Waals surface area contributed by atoms with E-state index in [0.717, 1.165) is 21.1 Å². The number of benzene rings is 1. The molecule has 1 aromatic carbocycles. The van der Waals surface area contributed by atoms with Crippen LogP contribution in [0.2, 0.25) is 0 Å². The molecule has 0 atom stereocenters. The van der Waals surface area contributed by atoms with Crippen LogP contribution in [0.5, 0.6) is 0 Å². The number of H-pyrrole nitrogens is 1. The van der Waals surface area contributed by atoms with Crippen molar-refractivity contribution in [1.29, 1.82) is 0 Å². The number of halogens is 1. The molecule has 0 bridgehead atoms. The Labute approximate surface area is 177 Å². The Hall–Kier alpha value is -2.37. The van der Waals surface area contributed by atoms with E-state index in [-0.39, 0.29) is 24.2 Å². The number of nitrogen functional groups attached to an aromatic ring is 1. The molecule has 28 heavy (non-hydrogen) atoms. The van der Waals surface area contributed by atoms with Crippen LogP contribution in [0.3, 0.4) is 0 Å².